The van der Waals surface area contributed by atoms with E-state index >= 15 is 0 Å². The fraction of sp³-hybridized carbons (Fsp3) is 0.444. The van der Waals surface area contributed by atoms with Crippen molar-refractivity contribution in [3.8, 4) is 0 Å². The van der Waals surface area contributed by atoms with Crippen molar-refractivity contribution in [1.82, 2.24) is 15.1 Å². The van der Waals surface area contributed by atoms with Gasteiger partial charge in [-0.15, -0.1) is 0 Å². The third-order valence-corrected chi connectivity index (χ3v) is 3.85. The van der Waals surface area contributed by atoms with Crippen molar-refractivity contribution in [2.75, 3.05) is 25.6 Å². The molecule has 6 heteroatoms. The quantitative estimate of drug-likeness (QED) is 0.767. The number of rotatable bonds is 7. The number of hydrogen-bond acceptors (Lipinski definition) is 3. The first kappa shape index (κ1) is 18.0. The fourth-order valence-electron chi connectivity index (χ4n) is 2.59. The summed E-state index contributed by atoms with van der Waals surface area (Å²) in [6.07, 6.45) is 0.786. The first-order chi connectivity index (χ1) is 11.5. The summed E-state index contributed by atoms with van der Waals surface area (Å²) in [5.41, 5.74) is 4.94. The van der Waals surface area contributed by atoms with Gasteiger partial charge in [0.15, 0.2) is 0 Å². The van der Waals surface area contributed by atoms with Crippen molar-refractivity contribution < 1.29 is 9.53 Å². The molecule has 1 aromatic heterocycles. The average Bonchev–Trinajstić information content (AvgIpc) is 2.79. The summed E-state index contributed by atoms with van der Waals surface area (Å²) in [6, 6.07) is 8.13. The number of carbonyl (C=O) groups is 1. The van der Waals surface area contributed by atoms with Crippen LogP contribution in [0.2, 0.25) is 0 Å². The van der Waals surface area contributed by atoms with E-state index in [0.717, 1.165) is 23.5 Å². The molecule has 6 nitrogen and oxygen atoms in total. The minimum Gasteiger partial charge on any atom is -0.385 e. The molecule has 0 aliphatic heterocycles. The number of methoxy groups -OCH3 is 1. The highest BCUT2D eigenvalue weighted by Gasteiger charge is 2.14. The maximum Gasteiger partial charge on any atom is 0.319 e. The Morgan fingerprint density at radius 1 is 1.29 bits per heavy atom. The summed E-state index contributed by atoms with van der Waals surface area (Å²) in [6.45, 7) is 7.84. The fourth-order valence-corrected chi connectivity index (χ4v) is 2.59. The second kappa shape index (κ2) is 8.49. The number of aryl methyl sites for hydroxylation is 2. The third-order valence-electron chi connectivity index (χ3n) is 3.85. The molecular formula is C18H26N4O2. The van der Waals surface area contributed by atoms with E-state index in [0.29, 0.717) is 19.7 Å². The molecule has 2 amide bonds. The first-order valence-corrected chi connectivity index (χ1v) is 8.14. The van der Waals surface area contributed by atoms with Crippen LogP contribution in [0.3, 0.4) is 0 Å². The molecule has 1 aromatic carbocycles. The topological polar surface area (TPSA) is 68.2 Å². The molecule has 0 fully saturated rings. The summed E-state index contributed by atoms with van der Waals surface area (Å²) in [4.78, 5) is 12.0. The maximum atomic E-state index is 12.0. The normalized spacial score (nSPS) is 10.7. The van der Waals surface area contributed by atoms with Crippen LogP contribution in [0.5, 0.6) is 0 Å². The number of ether oxygens (including phenoxy) is 1. The number of carbonyl (C=O) groups excluding carboxylic acids is 1. The molecule has 0 unspecified atom stereocenters. The molecule has 0 aliphatic carbocycles. The van der Waals surface area contributed by atoms with Crippen LogP contribution in [0, 0.1) is 20.8 Å². The Balaban J connectivity index is 2.02. The van der Waals surface area contributed by atoms with Crippen LogP contribution < -0.4 is 10.6 Å². The number of amides is 2. The van der Waals surface area contributed by atoms with E-state index in [4.69, 9.17) is 4.74 Å². The zero-order valence-electron chi connectivity index (χ0n) is 14.8. The van der Waals surface area contributed by atoms with Crippen LogP contribution in [-0.2, 0) is 11.3 Å². The number of nitrogens with zero attached hydrogens (tertiary/aromatic N) is 2. The lowest BCUT2D eigenvalue weighted by atomic mass is 10.1. The minimum absolute atomic E-state index is 0.215. The summed E-state index contributed by atoms with van der Waals surface area (Å²) >= 11 is 0. The Hall–Kier alpha value is -2.34. The van der Waals surface area contributed by atoms with Gasteiger partial charge in [-0.2, -0.15) is 5.10 Å². The maximum absolute atomic E-state index is 12.0. The zero-order valence-corrected chi connectivity index (χ0v) is 14.8. The number of urea groups is 1. The number of aromatic nitrogens is 2. The van der Waals surface area contributed by atoms with Gasteiger partial charge < -0.3 is 15.4 Å². The number of nitrogens with one attached hydrogen (secondary N) is 2. The molecule has 2 rings (SSSR count). The van der Waals surface area contributed by atoms with Crippen molar-refractivity contribution in [2.45, 2.75) is 33.7 Å². The molecule has 2 aromatic rings. The summed E-state index contributed by atoms with van der Waals surface area (Å²) < 4.78 is 6.88. The molecule has 0 saturated carbocycles. The lowest BCUT2D eigenvalue weighted by Gasteiger charge is -2.09. The van der Waals surface area contributed by atoms with Crippen molar-refractivity contribution in [3.05, 3.63) is 46.8 Å². The van der Waals surface area contributed by atoms with Gasteiger partial charge in [-0.25, -0.2) is 4.79 Å². The molecule has 130 valence electrons. The summed E-state index contributed by atoms with van der Waals surface area (Å²) in [5.74, 6) is 0. The number of benzene rings is 1. The molecule has 2 N–H and O–H groups in total. The van der Waals surface area contributed by atoms with E-state index in [9.17, 15) is 4.79 Å². The highest BCUT2D eigenvalue weighted by molar-refractivity contribution is 5.90. The van der Waals surface area contributed by atoms with Gasteiger partial charge in [0.2, 0.25) is 0 Å². The largest absolute Gasteiger partial charge is 0.385 e. The number of hydrogen-bond donors (Lipinski definition) is 2. The van der Waals surface area contributed by atoms with E-state index in [1.165, 1.54) is 11.1 Å². The van der Waals surface area contributed by atoms with Crippen LogP contribution in [0.25, 0.3) is 0 Å². The van der Waals surface area contributed by atoms with Crippen LogP contribution >= 0.6 is 0 Å². The summed E-state index contributed by atoms with van der Waals surface area (Å²) in [5, 5.41) is 10.3. The van der Waals surface area contributed by atoms with Gasteiger partial charge in [0.1, 0.15) is 0 Å². The molecule has 0 saturated heterocycles. The van der Waals surface area contributed by atoms with Crippen LogP contribution in [0.15, 0.2) is 24.3 Å². The Morgan fingerprint density at radius 3 is 2.79 bits per heavy atom. The van der Waals surface area contributed by atoms with Crippen LogP contribution in [-0.4, -0.2) is 36.1 Å². The Labute approximate surface area is 143 Å². The van der Waals surface area contributed by atoms with Crippen molar-refractivity contribution in [3.63, 3.8) is 0 Å². The van der Waals surface area contributed by atoms with Gasteiger partial charge in [0.05, 0.1) is 23.6 Å². The predicted octanol–water partition coefficient (Wildman–Crippen LogP) is 3.01. The monoisotopic (exact) mass is 330 g/mol. The molecule has 1 heterocycles. The first-order valence-electron chi connectivity index (χ1n) is 8.14. The lowest BCUT2D eigenvalue weighted by Crippen LogP contribution is -2.30. The lowest BCUT2D eigenvalue weighted by molar-refractivity contribution is 0.194. The SMILES string of the molecule is COCCCNC(=O)Nc1c(C)nn(Cc2cccc(C)c2)c1C. The van der Waals surface area contributed by atoms with E-state index in [1.807, 2.05) is 24.6 Å². The number of anilines is 1. The molecule has 0 bridgehead atoms. The second-order valence-corrected chi connectivity index (χ2v) is 5.92. The smallest absolute Gasteiger partial charge is 0.319 e. The second-order valence-electron chi connectivity index (χ2n) is 5.92. The highest BCUT2D eigenvalue weighted by atomic mass is 16.5. The summed E-state index contributed by atoms with van der Waals surface area (Å²) in [7, 11) is 1.65. The molecule has 0 spiro atoms. The molecule has 24 heavy (non-hydrogen) atoms. The molecule has 0 aliphatic rings. The Kier molecular flexibility index (Phi) is 6.37. The van der Waals surface area contributed by atoms with Gasteiger partial charge in [-0.3, -0.25) is 4.68 Å². The molecule has 0 atom stereocenters. The van der Waals surface area contributed by atoms with Gasteiger partial charge in [-0.05, 0) is 32.8 Å². The van der Waals surface area contributed by atoms with Crippen LogP contribution in [0.1, 0.15) is 28.9 Å². The zero-order chi connectivity index (χ0) is 17.5. The van der Waals surface area contributed by atoms with E-state index in [2.05, 4.69) is 40.9 Å². The van der Waals surface area contributed by atoms with Crippen molar-refractivity contribution in [2.24, 2.45) is 0 Å². The Bertz CT molecular complexity index is 694. The van der Waals surface area contributed by atoms with E-state index < -0.39 is 0 Å². The average molecular weight is 330 g/mol. The van der Waals surface area contributed by atoms with Gasteiger partial charge >= 0.3 is 6.03 Å². The van der Waals surface area contributed by atoms with E-state index in [-0.39, 0.29) is 6.03 Å². The third kappa shape index (κ3) is 4.83. The highest BCUT2D eigenvalue weighted by Crippen LogP contribution is 2.20. The van der Waals surface area contributed by atoms with Crippen molar-refractivity contribution in [1.29, 1.82) is 0 Å². The minimum atomic E-state index is -0.215. The molecular weight excluding hydrogens is 304 g/mol. The molecule has 0 radical (unpaired) electrons. The van der Waals surface area contributed by atoms with E-state index in [1.54, 1.807) is 7.11 Å². The van der Waals surface area contributed by atoms with Crippen LogP contribution in [0.4, 0.5) is 10.5 Å². The van der Waals surface area contributed by atoms with Crippen molar-refractivity contribution >= 4 is 11.7 Å². The van der Waals surface area contributed by atoms with Gasteiger partial charge in [0, 0.05) is 20.3 Å². The Morgan fingerprint density at radius 2 is 2.08 bits per heavy atom. The van der Waals surface area contributed by atoms with Gasteiger partial charge in [-0.1, -0.05) is 29.8 Å². The van der Waals surface area contributed by atoms with Gasteiger partial charge in [0.25, 0.3) is 0 Å². The standard InChI is InChI=1S/C18H26N4O2/c1-13-7-5-8-16(11-13)12-22-15(3)17(14(2)21-22)20-18(23)19-9-6-10-24-4/h5,7-8,11H,6,9-10,12H2,1-4H3,(H2,19,20,23). The predicted molar refractivity (Wildman–Crippen MR) is 95.5 cm³/mol.